The molecule has 1 atom stereocenters. The van der Waals surface area contributed by atoms with E-state index in [1.807, 2.05) is 32.6 Å². The minimum atomic E-state index is -0.529. The zero-order valence-electron chi connectivity index (χ0n) is 14.3. The van der Waals surface area contributed by atoms with Gasteiger partial charge < -0.3 is 14.5 Å². The van der Waals surface area contributed by atoms with E-state index in [4.69, 9.17) is 16.3 Å². The molecule has 7 nitrogen and oxygen atoms in total. The van der Waals surface area contributed by atoms with E-state index < -0.39 is 10.5 Å². The van der Waals surface area contributed by atoms with Crippen LogP contribution >= 0.6 is 11.6 Å². The summed E-state index contributed by atoms with van der Waals surface area (Å²) in [6.07, 6.45) is -0.330. The highest BCUT2D eigenvalue weighted by atomic mass is 35.5. The van der Waals surface area contributed by atoms with Crippen molar-refractivity contribution in [3.8, 4) is 0 Å². The molecule has 0 aliphatic carbocycles. The predicted octanol–water partition coefficient (Wildman–Crippen LogP) is 3.69. The minimum absolute atomic E-state index is 0.0187. The standard InChI is InChI=1S/C16H22ClN3O4/c1-11-10-18(15(21)24-16(2,3)4)7-8-19(11)14-6-5-12(20(22)23)9-13(14)17/h5-6,9,11H,7-8,10H2,1-4H3/t11-/m0/s1. The number of hydrogen-bond donors (Lipinski definition) is 0. The maximum Gasteiger partial charge on any atom is 0.410 e. The lowest BCUT2D eigenvalue weighted by atomic mass is 10.1. The van der Waals surface area contributed by atoms with E-state index in [-0.39, 0.29) is 17.8 Å². The van der Waals surface area contributed by atoms with Gasteiger partial charge in [-0.25, -0.2) is 4.79 Å². The Hall–Kier alpha value is -2.02. The van der Waals surface area contributed by atoms with Gasteiger partial charge in [0.25, 0.3) is 5.69 Å². The zero-order valence-corrected chi connectivity index (χ0v) is 15.0. The van der Waals surface area contributed by atoms with Crippen LogP contribution in [0, 0.1) is 10.1 Å². The quantitative estimate of drug-likeness (QED) is 0.597. The van der Waals surface area contributed by atoms with Crippen molar-refractivity contribution < 1.29 is 14.5 Å². The van der Waals surface area contributed by atoms with Crippen LogP contribution in [0.1, 0.15) is 27.7 Å². The first kappa shape index (κ1) is 18.3. The van der Waals surface area contributed by atoms with Gasteiger partial charge in [-0.15, -0.1) is 0 Å². The topological polar surface area (TPSA) is 75.9 Å². The SMILES string of the molecule is C[C@H]1CN(C(=O)OC(C)(C)C)CCN1c1ccc([N+](=O)[O-])cc1Cl. The fourth-order valence-electron chi connectivity index (χ4n) is 2.65. The Morgan fingerprint density at radius 1 is 1.38 bits per heavy atom. The van der Waals surface area contributed by atoms with Crippen molar-refractivity contribution in [2.75, 3.05) is 24.5 Å². The number of anilines is 1. The fraction of sp³-hybridized carbons (Fsp3) is 0.562. The van der Waals surface area contributed by atoms with Crippen molar-refractivity contribution >= 4 is 29.1 Å². The second-order valence-corrected chi connectivity index (χ2v) is 7.27. The first-order chi connectivity index (χ1) is 11.1. The Bertz CT molecular complexity index is 645. The number of nitrogens with zero attached hydrogens (tertiary/aromatic N) is 3. The Morgan fingerprint density at radius 3 is 2.54 bits per heavy atom. The van der Waals surface area contributed by atoms with Crippen molar-refractivity contribution in [3.05, 3.63) is 33.3 Å². The van der Waals surface area contributed by atoms with Crippen LogP contribution in [0.25, 0.3) is 0 Å². The summed E-state index contributed by atoms with van der Waals surface area (Å²) in [6, 6.07) is 4.46. The molecule has 0 N–H and O–H groups in total. The van der Waals surface area contributed by atoms with Crippen LogP contribution in [0.15, 0.2) is 18.2 Å². The van der Waals surface area contributed by atoms with Crippen molar-refractivity contribution in [1.29, 1.82) is 0 Å². The van der Waals surface area contributed by atoms with Gasteiger partial charge in [0.15, 0.2) is 0 Å². The minimum Gasteiger partial charge on any atom is -0.444 e. The molecule has 2 rings (SSSR count). The first-order valence-corrected chi connectivity index (χ1v) is 8.15. The van der Waals surface area contributed by atoms with Crippen LogP contribution in [0.2, 0.25) is 5.02 Å². The van der Waals surface area contributed by atoms with Crippen LogP contribution in [0.4, 0.5) is 16.2 Å². The third-order valence-electron chi connectivity index (χ3n) is 3.73. The third-order valence-corrected chi connectivity index (χ3v) is 4.03. The molecule has 1 aromatic rings. The number of non-ortho nitro benzene ring substituents is 1. The van der Waals surface area contributed by atoms with Crippen molar-refractivity contribution in [3.63, 3.8) is 0 Å². The number of ether oxygens (including phenoxy) is 1. The molecule has 0 bridgehead atoms. The van der Waals surface area contributed by atoms with Gasteiger partial charge in [0, 0.05) is 37.8 Å². The maximum atomic E-state index is 12.2. The largest absolute Gasteiger partial charge is 0.444 e. The number of carbonyl (C=O) groups excluding carboxylic acids is 1. The number of hydrogen-bond acceptors (Lipinski definition) is 5. The molecule has 1 heterocycles. The molecule has 1 amide bonds. The Labute approximate surface area is 146 Å². The average Bonchev–Trinajstić information content (AvgIpc) is 2.45. The lowest BCUT2D eigenvalue weighted by molar-refractivity contribution is -0.384. The normalized spacial score (nSPS) is 18.5. The van der Waals surface area contributed by atoms with Crippen LogP contribution < -0.4 is 4.90 Å². The number of amides is 1. The number of rotatable bonds is 2. The Balaban J connectivity index is 2.09. The molecule has 24 heavy (non-hydrogen) atoms. The average molecular weight is 356 g/mol. The summed E-state index contributed by atoms with van der Waals surface area (Å²) in [4.78, 5) is 26.2. The summed E-state index contributed by atoms with van der Waals surface area (Å²) in [5.74, 6) is 0. The molecule has 1 aliphatic heterocycles. The Morgan fingerprint density at radius 2 is 2.04 bits per heavy atom. The van der Waals surface area contributed by atoms with Crippen LogP contribution in [0.3, 0.4) is 0 Å². The number of carbonyl (C=O) groups is 1. The van der Waals surface area contributed by atoms with Gasteiger partial charge in [-0.3, -0.25) is 10.1 Å². The van der Waals surface area contributed by atoms with E-state index in [1.54, 1.807) is 11.0 Å². The predicted molar refractivity (Wildman–Crippen MR) is 92.7 cm³/mol. The van der Waals surface area contributed by atoms with E-state index in [2.05, 4.69) is 0 Å². The molecule has 0 spiro atoms. The summed E-state index contributed by atoms with van der Waals surface area (Å²) in [5.41, 5.74) is 0.168. The van der Waals surface area contributed by atoms with Gasteiger partial charge in [0.2, 0.25) is 0 Å². The zero-order chi connectivity index (χ0) is 18.1. The Kier molecular flexibility index (Phi) is 5.22. The highest BCUT2D eigenvalue weighted by Crippen LogP contribution is 2.32. The summed E-state index contributed by atoms with van der Waals surface area (Å²) < 4.78 is 5.40. The monoisotopic (exact) mass is 355 g/mol. The van der Waals surface area contributed by atoms with Crippen LogP contribution in [0.5, 0.6) is 0 Å². The summed E-state index contributed by atoms with van der Waals surface area (Å²) >= 11 is 6.21. The molecule has 0 unspecified atom stereocenters. The maximum absolute atomic E-state index is 12.2. The van der Waals surface area contributed by atoms with Crippen molar-refractivity contribution in [2.24, 2.45) is 0 Å². The second kappa shape index (κ2) is 6.84. The van der Waals surface area contributed by atoms with E-state index >= 15 is 0 Å². The second-order valence-electron chi connectivity index (χ2n) is 6.86. The number of nitro groups is 1. The molecular weight excluding hydrogens is 334 g/mol. The molecule has 1 saturated heterocycles. The van der Waals surface area contributed by atoms with Gasteiger partial charge in [0.05, 0.1) is 15.6 Å². The van der Waals surface area contributed by atoms with Gasteiger partial charge >= 0.3 is 6.09 Å². The number of piperazine rings is 1. The molecule has 1 aliphatic rings. The molecular formula is C16H22ClN3O4. The molecule has 1 fully saturated rings. The lowest BCUT2D eigenvalue weighted by Gasteiger charge is -2.41. The van der Waals surface area contributed by atoms with Crippen LogP contribution in [-0.4, -0.2) is 47.2 Å². The molecule has 0 aromatic heterocycles. The highest BCUT2D eigenvalue weighted by molar-refractivity contribution is 6.33. The van der Waals surface area contributed by atoms with E-state index in [0.717, 1.165) is 5.69 Å². The van der Waals surface area contributed by atoms with Gasteiger partial charge in [-0.2, -0.15) is 0 Å². The van der Waals surface area contributed by atoms with E-state index in [1.165, 1.54) is 12.1 Å². The highest BCUT2D eigenvalue weighted by Gasteiger charge is 2.30. The van der Waals surface area contributed by atoms with Crippen LogP contribution in [-0.2, 0) is 4.74 Å². The molecule has 132 valence electrons. The number of benzene rings is 1. The first-order valence-electron chi connectivity index (χ1n) is 7.77. The third kappa shape index (κ3) is 4.29. The van der Waals surface area contributed by atoms with Crippen molar-refractivity contribution in [1.82, 2.24) is 4.90 Å². The lowest BCUT2D eigenvalue weighted by Crippen LogP contribution is -2.54. The van der Waals surface area contributed by atoms with Crippen molar-refractivity contribution in [2.45, 2.75) is 39.3 Å². The summed E-state index contributed by atoms with van der Waals surface area (Å²) in [6.45, 7) is 9.07. The van der Waals surface area contributed by atoms with Gasteiger partial charge in [-0.1, -0.05) is 11.6 Å². The molecule has 0 saturated carbocycles. The van der Waals surface area contributed by atoms with E-state index in [0.29, 0.717) is 24.7 Å². The van der Waals surface area contributed by atoms with Gasteiger partial charge in [0.1, 0.15) is 5.60 Å². The summed E-state index contributed by atoms with van der Waals surface area (Å²) in [7, 11) is 0. The van der Waals surface area contributed by atoms with Gasteiger partial charge in [-0.05, 0) is 33.8 Å². The molecule has 8 heteroatoms. The van der Waals surface area contributed by atoms with E-state index in [9.17, 15) is 14.9 Å². The smallest absolute Gasteiger partial charge is 0.410 e. The number of halogens is 1. The fourth-order valence-corrected chi connectivity index (χ4v) is 2.93. The molecule has 0 radical (unpaired) electrons. The summed E-state index contributed by atoms with van der Waals surface area (Å²) in [5, 5.41) is 11.1. The molecule has 1 aromatic carbocycles. The number of nitro benzene ring substituents is 1.